The second kappa shape index (κ2) is 6.08. The number of nitrogens with zero attached hydrogens (tertiary/aromatic N) is 1. The summed E-state index contributed by atoms with van der Waals surface area (Å²) in [7, 11) is 0. The van der Waals surface area contributed by atoms with Crippen LogP contribution >= 0.6 is 11.3 Å². The van der Waals surface area contributed by atoms with Crippen molar-refractivity contribution in [1.82, 2.24) is 0 Å². The van der Waals surface area contributed by atoms with Gasteiger partial charge in [-0.05, 0) is 36.2 Å². The molecular formula is C24H18NS+. The lowest BCUT2D eigenvalue weighted by molar-refractivity contribution is -0.464. The van der Waals surface area contributed by atoms with E-state index in [1.807, 2.05) is 11.3 Å². The number of aromatic nitrogens is 1. The van der Waals surface area contributed by atoms with Crippen LogP contribution in [0.1, 0.15) is 5.56 Å². The van der Waals surface area contributed by atoms with Crippen molar-refractivity contribution in [2.75, 3.05) is 0 Å². The summed E-state index contributed by atoms with van der Waals surface area (Å²) in [5.41, 5.74) is 7.66. The van der Waals surface area contributed by atoms with E-state index >= 15 is 0 Å². The van der Waals surface area contributed by atoms with Crippen molar-refractivity contribution in [2.24, 2.45) is 0 Å². The Morgan fingerprint density at radius 1 is 0.692 bits per heavy atom. The highest BCUT2D eigenvalue weighted by Crippen LogP contribution is 2.35. The maximum atomic E-state index is 2.42. The minimum atomic E-state index is 1.24. The molecule has 0 aliphatic heterocycles. The van der Waals surface area contributed by atoms with Crippen LogP contribution in [0.25, 0.3) is 37.4 Å². The predicted octanol–water partition coefficient (Wildman–Crippen LogP) is 6.28. The summed E-state index contributed by atoms with van der Waals surface area (Å²) in [6, 6.07) is 32.4. The molecule has 2 aromatic heterocycles. The lowest BCUT2D eigenvalue weighted by Crippen LogP contribution is -2.24. The fraction of sp³-hybridized carbons (Fsp3) is 0.0417. The number of rotatable bonds is 2. The van der Waals surface area contributed by atoms with Gasteiger partial charge >= 0.3 is 0 Å². The number of thiazole rings is 1. The fourth-order valence-electron chi connectivity index (χ4n) is 3.68. The summed E-state index contributed by atoms with van der Waals surface area (Å²) < 4.78 is 3.73. The van der Waals surface area contributed by atoms with Crippen LogP contribution in [-0.4, -0.2) is 0 Å². The molecule has 2 heteroatoms. The van der Waals surface area contributed by atoms with Crippen molar-refractivity contribution in [3.63, 3.8) is 0 Å². The predicted molar refractivity (Wildman–Crippen MR) is 111 cm³/mol. The molecule has 26 heavy (non-hydrogen) atoms. The van der Waals surface area contributed by atoms with E-state index < -0.39 is 0 Å². The Morgan fingerprint density at radius 3 is 2.04 bits per heavy atom. The van der Waals surface area contributed by atoms with Gasteiger partial charge in [-0.15, -0.1) is 4.40 Å². The molecule has 0 bridgehead atoms. The molecule has 0 saturated heterocycles. The van der Waals surface area contributed by atoms with Gasteiger partial charge in [-0.1, -0.05) is 72.0 Å². The third-order valence-electron chi connectivity index (χ3n) is 4.85. The zero-order valence-corrected chi connectivity index (χ0v) is 15.3. The first-order valence-electron chi connectivity index (χ1n) is 8.81. The molecule has 0 aliphatic rings. The standard InChI is InChI=1S/C24H18NS/c1-17-16-21(18-10-4-2-5-11-18)25-20-14-8-9-15-22(20)26-24(25)23(17)19-12-6-3-7-13-19/h2-16H,1H3/q+1. The SMILES string of the molecule is Cc1cc(-c2ccccc2)[n+]2c(sc3ccccc32)c1-c1ccccc1. The van der Waals surface area contributed by atoms with Crippen molar-refractivity contribution in [3.05, 3.63) is 96.6 Å². The molecule has 0 atom stereocenters. The van der Waals surface area contributed by atoms with Crippen LogP contribution in [0, 0.1) is 6.92 Å². The minimum Gasteiger partial charge on any atom is -0.142 e. The van der Waals surface area contributed by atoms with Crippen LogP contribution in [-0.2, 0) is 0 Å². The number of hydrogen-bond acceptors (Lipinski definition) is 1. The molecule has 0 saturated carbocycles. The van der Waals surface area contributed by atoms with Gasteiger partial charge in [0, 0.05) is 17.7 Å². The molecule has 3 aromatic carbocycles. The third-order valence-corrected chi connectivity index (χ3v) is 6.00. The molecule has 0 radical (unpaired) electrons. The first-order chi connectivity index (χ1) is 12.8. The lowest BCUT2D eigenvalue weighted by Gasteiger charge is -2.07. The maximum Gasteiger partial charge on any atom is 0.276 e. The van der Waals surface area contributed by atoms with Gasteiger partial charge in [0.2, 0.25) is 11.2 Å². The Balaban J connectivity index is 1.97. The quantitative estimate of drug-likeness (QED) is 0.329. The van der Waals surface area contributed by atoms with Crippen LogP contribution in [0.5, 0.6) is 0 Å². The Kier molecular flexibility index (Phi) is 3.58. The van der Waals surface area contributed by atoms with Gasteiger partial charge in [0.1, 0.15) is 4.70 Å². The number of fused-ring (bicyclic) bond motifs is 3. The molecule has 5 rings (SSSR count). The third kappa shape index (κ3) is 2.34. The van der Waals surface area contributed by atoms with E-state index in [4.69, 9.17) is 0 Å². The largest absolute Gasteiger partial charge is 0.276 e. The molecule has 0 unspecified atom stereocenters. The molecule has 1 nitrogen and oxygen atoms in total. The number of pyridine rings is 1. The highest BCUT2D eigenvalue weighted by molar-refractivity contribution is 7.23. The second-order valence-electron chi connectivity index (χ2n) is 6.53. The van der Waals surface area contributed by atoms with Crippen molar-refractivity contribution in [2.45, 2.75) is 6.92 Å². The minimum absolute atomic E-state index is 1.24. The highest BCUT2D eigenvalue weighted by Gasteiger charge is 2.25. The average Bonchev–Trinajstić information content (AvgIpc) is 3.08. The van der Waals surface area contributed by atoms with Crippen LogP contribution < -0.4 is 4.40 Å². The van der Waals surface area contributed by atoms with Gasteiger partial charge in [-0.2, -0.15) is 0 Å². The van der Waals surface area contributed by atoms with E-state index in [0.717, 1.165) is 0 Å². The van der Waals surface area contributed by atoms with Crippen molar-refractivity contribution < 1.29 is 4.40 Å². The van der Waals surface area contributed by atoms with Gasteiger partial charge in [-0.25, -0.2) is 0 Å². The highest BCUT2D eigenvalue weighted by atomic mass is 32.1. The van der Waals surface area contributed by atoms with Gasteiger partial charge < -0.3 is 0 Å². The number of hydrogen-bond donors (Lipinski definition) is 0. The second-order valence-corrected chi connectivity index (χ2v) is 7.56. The van der Waals surface area contributed by atoms with Crippen LogP contribution in [0.4, 0.5) is 0 Å². The van der Waals surface area contributed by atoms with E-state index in [-0.39, 0.29) is 0 Å². The summed E-state index contributed by atoms with van der Waals surface area (Å²) in [5, 5.41) is 0. The Labute approximate surface area is 156 Å². The summed E-state index contributed by atoms with van der Waals surface area (Å²) >= 11 is 1.87. The van der Waals surface area contributed by atoms with E-state index in [2.05, 4.69) is 102 Å². The Morgan fingerprint density at radius 2 is 1.31 bits per heavy atom. The summed E-state index contributed by atoms with van der Waals surface area (Å²) in [6.45, 7) is 2.22. The van der Waals surface area contributed by atoms with Crippen LogP contribution in [0.15, 0.2) is 91.0 Å². The molecule has 124 valence electrons. The molecular weight excluding hydrogens is 334 g/mol. The van der Waals surface area contributed by atoms with E-state index in [1.54, 1.807) is 0 Å². The first kappa shape index (κ1) is 15.3. The number of aryl methyl sites for hydroxylation is 1. The zero-order valence-electron chi connectivity index (χ0n) is 14.5. The van der Waals surface area contributed by atoms with E-state index in [9.17, 15) is 0 Å². The molecule has 2 heterocycles. The van der Waals surface area contributed by atoms with Crippen molar-refractivity contribution in [1.29, 1.82) is 0 Å². The maximum absolute atomic E-state index is 2.42. The lowest BCUT2D eigenvalue weighted by atomic mass is 10.00. The molecule has 0 N–H and O–H groups in total. The Hall–Kier alpha value is -2.97. The van der Waals surface area contributed by atoms with Gasteiger partial charge in [0.15, 0.2) is 0 Å². The summed E-state index contributed by atoms with van der Waals surface area (Å²) in [6.07, 6.45) is 0. The molecule has 0 aliphatic carbocycles. The van der Waals surface area contributed by atoms with E-state index in [1.165, 1.54) is 43.0 Å². The fourth-order valence-corrected chi connectivity index (χ4v) is 4.96. The van der Waals surface area contributed by atoms with Crippen LogP contribution in [0.3, 0.4) is 0 Å². The summed E-state index contributed by atoms with van der Waals surface area (Å²) in [5.74, 6) is 0. The van der Waals surface area contributed by atoms with Crippen molar-refractivity contribution >= 4 is 26.4 Å². The molecule has 0 fully saturated rings. The normalized spacial score (nSPS) is 11.3. The van der Waals surface area contributed by atoms with E-state index in [0.29, 0.717) is 0 Å². The smallest absolute Gasteiger partial charge is 0.142 e. The van der Waals surface area contributed by atoms with Gasteiger partial charge in [0.05, 0.1) is 5.56 Å². The number of benzene rings is 3. The van der Waals surface area contributed by atoms with Gasteiger partial charge in [-0.3, -0.25) is 0 Å². The monoisotopic (exact) mass is 352 g/mol. The van der Waals surface area contributed by atoms with Crippen molar-refractivity contribution in [3.8, 4) is 22.4 Å². The average molecular weight is 352 g/mol. The molecule has 5 aromatic rings. The Bertz CT molecular complexity index is 1220. The van der Waals surface area contributed by atoms with Crippen LogP contribution in [0.2, 0.25) is 0 Å². The number of para-hydroxylation sites is 1. The first-order valence-corrected chi connectivity index (χ1v) is 9.62. The van der Waals surface area contributed by atoms with Gasteiger partial charge in [0.25, 0.3) is 4.83 Å². The molecule has 0 spiro atoms. The topological polar surface area (TPSA) is 4.10 Å². The summed E-state index contributed by atoms with van der Waals surface area (Å²) in [4.78, 5) is 1.30. The molecule has 0 amide bonds. The zero-order chi connectivity index (χ0) is 17.5.